The first kappa shape index (κ1) is 7.88. The lowest BCUT2D eigenvalue weighted by Gasteiger charge is -1.89. The molecule has 0 heterocycles. The molecule has 0 aliphatic heterocycles. The number of rotatable bonds is 3. The van der Waals surface area contributed by atoms with Crippen LogP contribution in [0.4, 0.5) is 0 Å². The quantitative estimate of drug-likeness (QED) is 0.568. The summed E-state index contributed by atoms with van der Waals surface area (Å²) in [5.41, 5.74) is 0.519. The predicted octanol–water partition coefficient (Wildman–Crippen LogP) is 0.718. The Kier molecular flexibility index (Phi) is 3.35. The lowest BCUT2D eigenvalue weighted by Crippen LogP contribution is -1.96. The van der Waals surface area contributed by atoms with Crippen LogP contribution in [0.3, 0.4) is 0 Å². The second-order valence-electron chi connectivity index (χ2n) is 1.62. The van der Waals surface area contributed by atoms with Gasteiger partial charge in [-0.2, -0.15) is 0 Å². The molecule has 0 amide bonds. The minimum absolute atomic E-state index is 0.0304. The first-order valence-corrected chi connectivity index (χ1v) is 2.48. The molecule has 0 fully saturated rings. The summed E-state index contributed by atoms with van der Waals surface area (Å²) in [7, 11) is 1.58. The molecule has 0 aromatic heterocycles. The first-order chi connectivity index (χ1) is 4.16. The van der Waals surface area contributed by atoms with Crippen LogP contribution in [-0.2, 0) is 4.79 Å². The van der Waals surface area contributed by atoms with Crippen LogP contribution in [0, 0.1) is 0 Å². The zero-order valence-electron chi connectivity index (χ0n) is 5.29. The van der Waals surface area contributed by atoms with Crippen molar-refractivity contribution in [1.29, 1.82) is 0 Å². The van der Waals surface area contributed by atoms with E-state index in [4.69, 9.17) is 5.11 Å². The zero-order valence-corrected chi connectivity index (χ0v) is 5.29. The highest BCUT2D eigenvalue weighted by molar-refractivity contribution is 5.85. The van der Waals surface area contributed by atoms with Gasteiger partial charge in [0.05, 0.1) is 6.42 Å². The van der Waals surface area contributed by atoms with Crippen molar-refractivity contribution in [3.05, 3.63) is 12.2 Å². The highest BCUT2D eigenvalue weighted by atomic mass is 16.4. The zero-order chi connectivity index (χ0) is 7.28. The summed E-state index contributed by atoms with van der Waals surface area (Å²) in [6.45, 7) is 3.45. The van der Waals surface area contributed by atoms with E-state index < -0.39 is 5.97 Å². The van der Waals surface area contributed by atoms with Gasteiger partial charge in [-0.3, -0.25) is 9.79 Å². The average Bonchev–Trinajstić information content (AvgIpc) is 1.63. The fourth-order valence-electron chi connectivity index (χ4n) is 0.422. The molecule has 0 aliphatic rings. The highest BCUT2D eigenvalue weighted by Crippen LogP contribution is 1.91. The smallest absolute Gasteiger partial charge is 0.307 e. The number of hydrogen-bond donors (Lipinski definition) is 1. The third-order valence-corrected chi connectivity index (χ3v) is 0.690. The molecule has 0 atom stereocenters. The monoisotopic (exact) mass is 127 g/mol. The van der Waals surface area contributed by atoms with Gasteiger partial charge in [-0.05, 0) is 5.57 Å². The van der Waals surface area contributed by atoms with Crippen molar-refractivity contribution in [2.45, 2.75) is 6.42 Å². The van der Waals surface area contributed by atoms with E-state index in [0.29, 0.717) is 5.57 Å². The summed E-state index contributed by atoms with van der Waals surface area (Å²) in [5.74, 6) is -0.875. The van der Waals surface area contributed by atoms with E-state index in [2.05, 4.69) is 11.6 Å². The van der Waals surface area contributed by atoms with Crippen molar-refractivity contribution in [2.24, 2.45) is 4.99 Å². The molecule has 0 rings (SSSR count). The van der Waals surface area contributed by atoms with Crippen molar-refractivity contribution in [2.75, 3.05) is 7.05 Å². The van der Waals surface area contributed by atoms with Gasteiger partial charge in [0.2, 0.25) is 0 Å². The molecule has 0 saturated heterocycles. The summed E-state index contributed by atoms with van der Waals surface area (Å²) in [6, 6.07) is 0. The van der Waals surface area contributed by atoms with Gasteiger partial charge in [0.1, 0.15) is 0 Å². The predicted molar refractivity (Wildman–Crippen MR) is 35.8 cm³/mol. The molecule has 0 radical (unpaired) electrons. The average molecular weight is 127 g/mol. The standard InChI is InChI=1S/C6H9NO2/c1-5(4-7-2)3-6(8)9/h4H,1,3H2,2H3,(H,8,9). The Hall–Kier alpha value is -1.12. The third-order valence-electron chi connectivity index (χ3n) is 0.690. The maximum absolute atomic E-state index is 9.96. The van der Waals surface area contributed by atoms with E-state index >= 15 is 0 Å². The van der Waals surface area contributed by atoms with Crippen LogP contribution >= 0.6 is 0 Å². The molecule has 0 aliphatic carbocycles. The lowest BCUT2D eigenvalue weighted by molar-refractivity contribution is -0.136. The Labute approximate surface area is 53.7 Å². The van der Waals surface area contributed by atoms with Crippen LogP contribution in [0.15, 0.2) is 17.1 Å². The molecule has 1 N–H and O–H groups in total. The van der Waals surface area contributed by atoms with Gasteiger partial charge in [-0.15, -0.1) is 0 Å². The third kappa shape index (κ3) is 4.74. The molecular formula is C6H9NO2. The van der Waals surface area contributed by atoms with Crippen LogP contribution in [-0.4, -0.2) is 24.3 Å². The van der Waals surface area contributed by atoms with Crippen molar-refractivity contribution >= 4 is 12.2 Å². The molecular weight excluding hydrogens is 118 g/mol. The van der Waals surface area contributed by atoms with Crippen LogP contribution in [0.2, 0.25) is 0 Å². The van der Waals surface area contributed by atoms with Gasteiger partial charge in [0.25, 0.3) is 0 Å². The first-order valence-electron chi connectivity index (χ1n) is 2.48. The molecule has 3 nitrogen and oxygen atoms in total. The number of aliphatic imine (C=N–C) groups is 1. The van der Waals surface area contributed by atoms with Gasteiger partial charge in [-0.25, -0.2) is 0 Å². The molecule has 0 bridgehead atoms. The van der Waals surface area contributed by atoms with Crippen molar-refractivity contribution < 1.29 is 9.90 Å². The Morgan fingerprint density at radius 1 is 1.89 bits per heavy atom. The normalized spacial score (nSPS) is 9.89. The van der Waals surface area contributed by atoms with Gasteiger partial charge in [-0.1, -0.05) is 6.58 Å². The molecule has 9 heavy (non-hydrogen) atoms. The van der Waals surface area contributed by atoms with Crippen molar-refractivity contribution in [3.8, 4) is 0 Å². The number of hydrogen-bond acceptors (Lipinski definition) is 2. The molecule has 0 spiro atoms. The van der Waals surface area contributed by atoms with E-state index in [9.17, 15) is 4.79 Å². The molecule has 50 valence electrons. The fraction of sp³-hybridized carbons (Fsp3) is 0.333. The van der Waals surface area contributed by atoms with Crippen LogP contribution in [0.25, 0.3) is 0 Å². The maximum Gasteiger partial charge on any atom is 0.307 e. The van der Waals surface area contributed by atoms with E-state index in [1.807, 2.05) is 0 Å². The number of nitrogens with zero attached hydrogens (tertiary/aromatic N) is 1. The minimum Gasteiger partial charge on any atom is -0.481 e. The van der Waals surface area contributed by atoms with Gasteiger partial charge < -0.3 is 5.11 Å². The van der Waals surface area contributed by atoms with Crippen molar-refractivity contribution in [1.82, 2.24) is 0 Å². The van der Waals surface area contributed by atoms with Crippen LogP contribution < -0.4 is 0 Å². The summed E-state index contributed by atoms with van der Waals surface area (Å²) in [6.07, 6.45) is 1.41. The second-order valence-corrected chi connectivity index (χ2v) is 1.62. The summed E-state index contributed by atoms with van der Waals surface area (Å²) < 4.78 is 0. The highest BCUT2D eigenvalue weighted by Gasteiger charge is 1.96. The molecule has 0 aromatic carbocycles. The van der Waals surface area contributed by atoms with E-state index in [1.165, 1.54) is 6.21 Å². The van der Waals surface area contributed by atoms with E-state index in [1.54, 1.807) is 7.05 Å². The van der Waals surface area contributed by atoms with Crippen molar-refractivity contribution in [3.63, 3.8) is 0 Å². The molecule has 0 saturated carbocycles. The molecule has 0 aromatic rings. The Bertz CT molecular complexity index is 149. The van der Waals surface area contributed by atoms with Crippen LogP contribution in [0.5, 0.6) is 0 Å². The Morgan fingerprint density at radius 2 is 2.44 bits per heavy atom. The second kappa shape index (κ2) is 3.83. The number of carboxylic acids is 1. The number of carboxylic acid groups (broad SMARTS) is 1. The van der Waals surface area contributed by atoms with E-state index in [-0.39, 0.29) is 6.42 Å². The van der Waals surface area contributed by atoms with E-state index in [0.717, 1.165) is 0 Å². The summed E-state index contributed by atoms with van der Waals surface area (Å²) in [4.78, 5) is 13.6. The number of aliphatic carboxylic acids is 1. The minimum atomic E-state index is -0.875. The fourth-order valence-corrected chi connectivity index (χ4v) is 0.422. The summed E-state index contributed by atoms with van der Waals surface area (Å²) in [5, 5.41) is 8.19. The van der Waals surface area contributed by atoms with Gasteiger partial charge in [0.15, 0.2) is 0 Å². The molecule has 0 unspecified atom stereocenters. The number of carbonyl (C=O) groups is 1. The SMILES string of the molecule is C=C(C=NC)CC(=O)O. The Morgan fingerprint density at radius 3 is 2.78 bits per heavy atom. The maximum atomic E-state index is 9.96. The van der Waals surface area contributed by atoms with Gasteiger partial charge in [0, 0.05) is 13.3 Å². The summed E-state index contributed by atoms with van der Waals surface area (Å²) >= 11 is 0. The van der Waals surface area contributed by atoms with Crippen LogP contribution in [0.1, 0.15) is 6.42 Å². The van der Waals surface area contributed by atoms with Gasteiger partial charge >= 0.3 is 5.97 Å². The Balaban J connectivity index is 3.64. The topological polar surface area (TPSA) is 49.7 Å². The molecule has 3 heteroatoms. The largest absolute Gasteiger partial charge is 0.481 e. The lowest BCUT2D eigenvalue weighted by atomic mass is 10.2.